The van der Waals surface area contributed by atoms with Crippen molar-refractivity contribution in [3.8, 4) is 11.4 Å². The van der Waals surface area contributed by atoms with Crippen LogP contribution in [0.3, 0.4) is 0 Å². The number of pyridine rings is 1. The van der Waals surface area contributed by atoms with Gasteiger partial charge in [-0.2, -0.15) is 0 Å². The average molecular weight is 238 g/mol. The lowest BCUT2D eigenvalue weighted by Crippen LogP contribution is -1.98. The minimum absolute atomic E-state index is 0.744. The number of nitrogens with two attached hydrogens (primary N) is 1. The molecule has 0 aliphatic carbocycles. The molecule has 0 radical (unpaired) electrons. The van der Waals surface area contributed by atoms with E-state index in [0.29, 0.717) is 0 Å². The molecule has 2 N–H and O–H groups in total. The molecule has 0 saturated heterocycles. The lowest BCUT2D eigenvalue weighted by atomic mass is 10.1. The summed E-state index contributed by atoms with van der Waals surface area (Å²) in [4.78, 5) is 8.85. The van der Waals surface area contributed by atoms with Crippen LogP contribution in [0.4, 0.5) is 5.69 Å². The summed E-state index contributed by atoms with van der Waals surface area (Å²) < 4.78 is 2.03. The van der Waals surface area contributed by atoms with Crippen molar-refractivity contribution in [3.63, 3.8) is 0 Å². The second-order valence-electron chi connectivity index (χ2n) is 4.38. The quantitative estimate of drug-likeness (QED) is 0.663. The zero-order valence-electron chi connectivity index (χ0n) is 10.4. The Morgan fingerprint density at radius 2 is 2.00 bits per heavy atom. The number of hydrogen-bond acceptors (Lipinski definition) is 3. The third-order valence-corrected chi connectivity index (χ3v) is 3.19. The van der Waals surface area contributed by atoms with E-state index in [1.54, 1.807) is 6.20 Å². The smallest absolute Gasteiger partial charge is 0.178 e. The van der Waals surface area contributed by atoms with Crippen LogP contribution in [-0.4, -0.2) is 14.5 Å². The summed E-state index contributed by atoms with van der Waals surface area (Å²) in [6.45, 7) is 2.04. The predicted molar refractivity (Wildman–Crippen MR) is 73.1 cm³/mol. The zero-order chi connectivity index (χ0) is 12.7. The van der Waals surface area contributed by atoms with E-state index in [4.69, 9.17) is 5.73 Å². The summed E-state index contributed by atoms with van der Waals surface area (Å²) in [6, 6.07) is 9.81. The number of imidazole rings is 1. The summed E-state index contributed by atoms with van der Waals surface area (Å²) in [6.07, 6.45) is 1.75. The lowest BCUT2D eigenvalue weighted by Gasteiger charge is -2.08. The lowest BCUT2D eigenvalue weighted by molar-refractivity contribution is 0.958. The highest BCUT2D eigenvalue weighted by Crippen LogP contribution is 2.30. The number of nitrogen functional groups attached to an aromatic ring is 1. The SMILES string of the molecule is Cc1cccc(N)c1-c1nc2ncccc2n1C. The van der Waals surface area contributed by atoms with E-state index in [-0.39, 0.29) is 0 Å². The van der Waals surface area contributed by atoms with Crippen molar-refractivity contribution in [1.29, 1.82) is 0 Å². The van der Waals surface area contributed by atoms with Gasteiger partial charge in [0, 0.05) is 24.5 Å². The molecule has 0 aliphatic rings. The van der Waals surface area contributed by atoms with Crippen molar-refractivity contribution in [3.05, 3.63) is 42.1 Å². The monoisotopic (exact) mass is 238 g/mol. The van der Waals surface area contributed by atoms with E-state index in [1.165, 1.54) is 0 Å². The molecule has 0 amide bonds. The minimum atomic E-state index is 0.744. The van der Waals surface area contributed by atoms with Crippen LogP contribution in [-0.2, 0) is 7.05 Å². The molecule has 1 aromatic carbocycles. The molecule has 0 fully saturated rings. The Hall–Kier alpha value is -2.36. The Labute approximate surface area is 105 Å². The van der Waals surface area contributed by atoms with Crippen LogP contribution in [0.25, 0.3) is 22.6 Å². The van der Waals surface area contributed by atoms with Gasteiger partial charge < -0.3 is 10.3 Å². The first kappa shape index (κ1) is 10.8. The standard InChI is InChI=1S/C14H14N4/c1-9-5-3-6-10(15)12(9)14-17-13-11(18(14)2)7-4-8-16-13/h3-8H,15H2,1-2H3. The Morgan fingerprint density at radius 3 is 2.72 bits per heavy atom. The van der Waals surface area contributed by atoms with Crippen LogP contribution in [0.1, 0.15) is 5.56 Å². The number of rotatable bonds is 1. The number of nitrogens with zero attached hydrogens (tertiary/aromatic N) is 3. The summed E-state index contributed by atoms with van der Waals surface area (Å²) >= 11 is 0. The molecule has 18 heavy (non-hydrogen) atoms. The number of anilines is 1. The van der Waals surface area contributed by atoms with Gasteiger partial charge in [-0.05, 0) is 30.7 Å². The summed E-state index contributed by atoms with van der Waals surface area (Å²) in [5, 5.41) is 0. The van der Waals surface area contributed by atoms with Gasteiger partial charge in [-0.1, -0.05) is 12.1 Å². The van der Waals surface area contributed by atoms with Gasteiger partial charge >= 0.3 is 0 Å². The molecule has 0 atom stereocenters. The van der Waals surface area contributed by atoms with Gasteiger partial charge in [0.15, 0.2) is 5.65 Å². The van der Waals surface area contributed by atoms with Gasteiger partial charge in [0.1, 0.15) is 5.82 Å². The third-order valence-electron chi connectivity index (χ3n) is 3.19. The topological polar surface area (TPSA) is 56.7 Å². The van der Waals surface area contributed by atoms with Crippen LogP contribution in [0.5, 0.6) is 0 Å². The average Bonchev–Trinajstić information content (AvgIpc) is 2.68. The molecule has 3 aromatic rings. The van der Waals surface area contributed by atoms with Crippen molar-refractivity contribution in [2.24, 2.45) is 7.05 Å². The largest absolute Gasteiger partial charge is 0.398 e. The van der Waals surface area contributed by atoms with Gasteiger partial charge in [-0.25, -0.2) is 9.97 Å². The maximum atomic E-state index is 6.07. The van der Waals surface area contributed by atoms with Crippen LogP contribution in [0.2, 0.25) is 0 Å². The van der Waals surface area contributed by atoms with Crippen LogP contribution in [0.15, 0.2) is 36.5 Å². The molecule has 2 aromatic heterocycles. The van der Waals surface area contributed by atoms with Crippen LogP contribution < -0.4 is 5.73 Å². The Morgan fingerprint density at radius 1 is 1.17 bits per heavy atom. The van der Waals surface area contributed by atoms with Crippen molar-refractivity contribution < 1.29 is 0 Å². The minimum Gasteiger partial charge on any atom is -0.398 e. The predicted octanol–water partition coefficient (Wildman–Crippen LogP) is 2.53. The Kier molecular flexibility index (Phi) is 2.30. The van der Waals surface area contributed by atoms with E-state index >= 15 is 0 Å². The number of hydrogen-bond donors (Lipinski definition) is 1. The van der Waals surface area contributed by atoms with E-state index in [0.717, 1.165) is 33.8 Å². The first-order chi connectivity index (χ1) is 8.68. The van der Waals surface area contributed by atoms with Crippen molar-refractivity contribution in [2.75, 3.05) is 5.73 Å². The first-order valence-corrected chi connectivity index (χ1v) is 5.81. The maximum absolute atomic E-state index is 6.07. The number of aryl methyl sites for hydroxylation is 2. The fourth-order valence-corrected chi connectivity index (χ4v) is 2.25. The van der Waals surface area contributed by atoms with Crippen molar-refractivity contribution >= 4 is 16.9 Å². The van der Waals surface area contributed by atoms with Crippen molar-refractivity contribution in [1.82, 2.24) is 14.5 Å². The molecule has 0 spiro atoms. The number of aromatic nitrogens is 3. The third kappa shape index (κ3) is 1.46. The Balaban J connectivity index is 2.36. The summed E-state index contributed by atoms with van der Waals surface area (Å²) in [5.41, 5.74) is 10.7. The molecule has 0 bridgehead atoms. The van der Waals surface area contributed by atoms with Gasteiger partial charge in [0.05, 0.1) is 5.52 Å². The normalized spacial score (nSPS) is 11.0. The van der Waals surface area contributed by atoms with Gasteiger partial charge in [0.25, 0.3) is 0 Å². The summed E-state index contributed by atoms with van der Waals surface area (Å²) in [7, 11) is 1.98. The molecule has 90 valence electrons. The maximum Gasteiger partial charge on any atom is 0.178 e. The molecule has 0 saturated carbocycles. The first-order valence-electron chi connectivity index (χ1n) is 5.81. The van der Waals surface area contributed by atoms with E-state index in [2.05, 4.69) is 9.97 Å². The molecule has 0 aliphatic heterocycles. The highest BCUT2D eigenvalue weighted by atomic mass is 15.1. The second-order valence-corrected chi connectivity index (χ2v) is 4.38. The molecular weight excluding hydrogens is 224 g/mol. The zero-order valence-corrected chi connectivity index (χ0v) is 10.4. The van der Waals surface area contributed by atoms with Crippen LogP contribution >= 0.6 is 0 Å². The molecule has 3 rings (SSSR count). The number of benzene rings is 1. The van der Waals surface area contributed by atoms with Gasteiger partial charge in [0.2, 0.25) is 0 Å². The number of fused-ring (bicyclic) bond motifs is 1. The Bertz CT molecular complexity index is 707. The highest BCUT2D eigenvalue weighted by molar-refractivity contribution is 5.82. The van der Waals surface area contributed by atoms with Gasteiger partial charge in [-0.15, -0.1) is 0 Å². The van der Waals surface area contributed by atoms with E-state index in [9.17, 15) is 0 Å². The molecular formula is C14H14N4. The molecule has 0 unspecified atom stereocenters. The van der Waals surface area contributed by atoms with Crippen LogP contribution in [0, 0.1) is 6.92 Å². The molecule has 4 heteroatoms. The summed E-state index contributed by atoms with van der Waals surface area (Å²) in [5.74, 6) is 0.860. The van der Waals surface area contributed by atoms with E-state index in [1.807, 2.05) is 48.9 Å². The van der Waals surface area contributed by atoms with Crippen molar-refractivity contribution in [2.45, 2.75) is 6.92 Å². The van der Waals surface area contributed by atoms with Gasteiger partial charge in [-0.3, -0.25) is 0 Å². The second kappa shape index (κ2) is 3.84. The fourth-order valence-electron chi connectivity index (χ4n) is 2.25. The molecule has 4 nitrogen and oxygen atoms in total. The fraction of sp³-hybridized carbons (Fsp3) is 0.143. The molecule has 2 heterocycles. The van der Waals surface area contributed by atoms with E-state index < -0.39 is 0 Å². The highest BCUT2D eigenvalue weighted by Gasteiger charge is 2.14.